The molecule has 1 aliphatic rings. The summed E-state index contributed by atoms with van der Waals surface area (Å²) in [5.74, 6) is 0.713. The van der Waals surface area contributed by atoms with E-state index in [1.165, 1.54) is 19.1 Å². The fraction of sp³-hybridized carbons (Fsp3) is 0.923. The summed E-state index contributed by atoms with van der Waals surface area (Å²) in [7, 11) is 2.12. The van der Waals surface area contributed by atoms with Crippen molar-refractivity contribution in [2.24, 2.45) is 11.3 Å². The molecule has 2 atom stereocenters. The second kappa shape index (κ2) is 5.11. The van der Waals surface area contributed by atoms with Gasteiger partial charge in [-0.3, -0.25) is 0 Å². The summed E-state index contributed by atoms with van der Waals surface area (Å²) in [5, 5.41) is 0. The molecule has 88 valence electrons. The largest absolute Gasteiger partial charge is 0.303 e. The van der Waals surface area contributed by atoms with Gasteiger partial charge in [-0.05, 0) is 39.7 Å². The number of rotatable bonds is 4. The number of carbonyl (C=O) groups excluding carboxylic acids is 1. The van der Waals surface area contributed by atoms with Gasteiger partial charge in [-0.2, -0.15) is 0 Å². The predicted molar refractivity (Wildman–Crippen MR) is 63.9 cm³/mol. The molecule has 2 unspecified atom stereocenters. The van der Waals surface area contributed by atoms with Crippen LogP contribution in [0.1, 0.15) is 46.5 Å². The molecule has 0 saturated heterocycles. The predicted octanol–water partition coefficient (Wildman–Crippen LogP) is 2.72. The van der Waals surface area contributed by atoms with Crippen LogP contribution in [0, 0.1) is 11.3 Å². The number of hydrogen-bond acceptors (Lipinski definition) is 2. The van der Waals surface area contributed by atoms with Crippen LogP contribution in [-0.4, -0.2) is 30.8 Å². The van der Waals surface area contributed by atoms with Gasteiger partial charge in [0, 0.05) is 18.0 Å². The lowest BCUT2D eigenvalue weighted by Crippen LogP contribution is -2.42. The molecule has 0 radical (unpaired) electrons. The van der Waals surface area contributed by atoms with Crippen molar-refractivity contribution in [2.45, 2.75) is 52.5 Å². The Kier molecular flexibility index (Phi) is 4.32. The highest BCUT2D eigenvalue weighted by molar-refractivity contribution is 5.60. The first-order valence-electron chi connectivity index (χ1n) is 6.16. The van der Waals surface area contributed by atoms with Crippen LogP contribution in [0.4, 0.5) is 0 Å². The van der Waals surface area contributed by atoms with Gasteiger partial charge >= 0.3 is 0 Å². The van der Waals surface area contributed by atoms with E-state index in [1.807, 2.05) is 0 Å². The van der Waals surface area contributed by atoms with E-state index >= 15 is 0 Å². The molecule has 2 nitrogen and oxygen atoms in total. The Balaban J connectivity index is 2.63. The molecule has 0 aromatic rings. The van der Waals surface area contributed by atoms with Crippen molar-refractivity contribution in [3.05, 3.63) is 0 Å². The van der Waals surface area contributed by atoms with E-state index in [0.717, 1.165) is 19.4 Å². The quantitative estimate of drug-likeness (QED) is 0.666. The van der Waals surface area contributed by atoms with E-state index in [-0.39, 0.29) is 5.41 Å². The monoisotopic (exact) mass is 211 g/mol. The van der Waals surface area contributed by atoms with Crippen LogP contribution >= 0.6 is 0 Å². The van der Waals surface area contributed by atoms with Crippen LogP contribution in [0.25, 0.3) is 0 Å². The third-order valence-corrected chi connectivity index (χ3v) is 3.82. The normalized spacial score (nSPS) is 32.3. The lowest BCUT2D eigenvalue weighted by molar-refractivity contribution is -0.120. The standard InChI is InChI=1S/C13H25NO/c1-11(2)14(4)9-13(10-15)7-5-6-12(3)8-13/h10-12H,5-9H2,1-4H3. The van der Waals surface area contributed by atoms with Gasteiger partial charge in [0.25, 0.3) is 0 Å². The van der Waals surface area contributed by atoms with Crippen LogP contribution in [0.3, 0.4) is 0 Å². The van der Waals surface area contributed by atoms with Crippen molar-refractivity contribution < 1.29 is 4.79 Å². The van der Waals surface area contributed by atoms with E-state index in [1.54, 1.807) is 0 Å². The molecule has 2 heteroatoms. The van der Waals surface area contributed by atoms with Crippen LogP contribution in [0.2, 0.25) is 0 Å². The number of hydrogen-bond donors (Lipinski definition) is 0. The first-order chi connectivity index (χ1) is 6.99. The Morgan fingerprint density at radius 2 is 2.20 bits per heavy atom. The summed E-state index contributed by atoms with van der Waals surface area (Å²) in [6.07, 6.45) is 5.89. The Labute approximate surface area is 94.0 Å². The highest BCUT2D eigenvalue weighted by Crippen LogP contribution is 2.38. The summed E-state index contributed by atoms with van der Waals surface area (Å²) in [4.78, 5) is 13.7. The fourth-order valence-corrected chi connectivity index (χ4v) is 2.67. The van der Waals surface area contributed by atoms with Gasteiger partial charge in [0.15, 0.2) is 0 Å². The molecule has 1 aliphatic carbocycles. The molecule has 1 fully saturated rings. The first kappa shape index (κ1) is 12.7. The molecule has 0 N–H and O–H groups in total. The molecule has 0 heterocycles. The van der Waals surface area contributed by atoms with Crippen LogP contribution in [0.5, 0.6) is 0 Å². The minimum Gasteiger partial charge on any atom is -0.303 e. The zero-order valence-electron chi connectivity index (χ0n) is 10.6. The Morgan fingerprint density at radius 3 is 2.67 bits per heavy atom. The molecule has 0 aromatic heterocycles. The van der Waals surface area contributed by atoms with Crippen molar-refractivity contribution in [2.75, 3.05) is 13.6 Å². The summed E-state index contributed by atoms with van der Waals surface area (Å²) >= 11 is 0. The van der Waals surface area contributed by atoms with E-state index in [9.17, 15) is 4.79 Å². The minimum atomic E-state index is -0.0588. The van der Waals surface area contributed by atoms with Gasteiger partial charge in [0.2, 0.25) is 0 Å². The van der Waals surface area contributed by atoms with Crippen LogP contribution in [-0.2, 0) is 4.79 Å². The lowest BCUT2D eigenvalue weighted by atomic mass is 9.70. The molecule has 0 amide bonds. The van der Waals surface area contributed by atoms with E-state index in [4.69, 9.17) is 0 Å². The van der Waals surface area contributed by atoms with Crippen molar-refractivity contribution in [3.63, 3.8) is 0 Å². The smallest absolute Gasteiger partial charge is 0.127 e. The Hall–Kier alpha value is -0.370. The van der Waals surface area contributed by atoms with Gasteiger partial charge in [-0.1, -0.05) is 19.8 Å². The maximum absolute atomic E-state index is 11.4. The first-order valence-corrected chi connectivity index (χ1v) is 6.16. The van der Waals surface area contributed by atoms with E-state index in [0.29, 0.717) is 12.0 Å². The van der Waals surface area contributed by atoms with E-state index in [2.05, 4.69) is 32.7 Å². The van der Waals surface area contributed by atoms with Crippen molar-refractivity contribution in [3.8, 4) is 0 Å². The number of aldehydes is 1. The van der Waals surface area contributed by atoms with E-state index < -0.39 is 0 Å². The average Bonchev–Trinajstić information content (AvgIpc) is 2.17. The van der Waals surface area contributed by atoms with Gasteiger partial charge in [-0.15, -0.1) is 0 Å². The Morgan fingerprint density at radius 1 is 1.53 bits per heavy atom. The summed E-state index contributed by atoms with van der Waals surface area (Å²) in [5.41, 5.74) is -0.0588. The number of nitrogens with zero attached hydrogens (tertiary/aromatic N) is 1. The number of carbonyl (C=O) groups is 1. The highest BCUT2D eigenvalue weighted by atomic mass is 16.1. The second-order valence-electron chi connectivity index (χ2n) is 5.69. The van der Waals surface area contributed by atoms with Gasteiger partial charge in [0.1, 0.15) is 6.29 Å². The molecule has 0 bridgehead atoms. The second-order valence-corrected chi connectivity index (χ2v) is 5.69. The summed E-state index contributed by atoms with van der Waals surface area (Å²) < 4.78 is 0. The zero-order chi connectivity index (χ0) is 11.5. The average molecular weight is 211 g/mol. The Bertz CT molecular complexity index is 215. The summed E-state index contributed by atoms with van der Waals surface area (Å²) in [6.45, 7) is 7.57. The molecule has 1 rings (SSSR count). The SMILES string of the molecule is CC1CCCC(C=O)(CN(C)C(C)C)C1. The fourth-order valence-electron chi connectivity index (χ4n) is 2.67. The summed E-state index contributed by atoms with van der Waals surface area (Å²) in [6, 6.07) is 0.527. The molecular weight excluding hydrogens is 186 g/mol. The minimum absolute atomic E-state index is 0.0588. The highest BCUT2D eigenvalue weighted by Gasteiger charge is 2.35. The molecule has 0 aliphatic heterocycles. The van der Waals surface area contributed by atoms with Gasteiger partial charge < -0.3 is 9.69 Å². The third kappa shape index (κ3) is 3.30. The van der Waals surface area contributed by atoms with Crippen LogP contribution < -0.4 is 0 Å². The maximum Gasteiger partial charge on any atom is 0.127 e. The van der Waals surface area contributed by atoms with Crippen molar-refractivity contribution in [1.29, 1.82) is 0 Å². The molecule has 15 heavy (non-hydrogen) atoms. The topological polar surface area (TPSA) is 20.3 Å². The molecular formula is C13H25NO. The lowest BCUT2D eigenvalue weighted by Gasteiger charge is -2.39. The molecule has 0 aromatic carbocycles. The zero-order valence-corrected chi connectivity index (χ0v) is 10.6. The van der Waals surface area contributed by atoms with Crippen molar-refractivity contribution >= 4 is 6.29 Å². The molecule has 1 saturated carbocycles. The molecule has 0 spiro atoms. The van der Waals surface area contributed by atoms with Crippen molar-refractivity contribution in [1.82, 2.24) is 4.90 Å². The maximum atomic E-state index is 11.4. The van der Waals surface area contributed by atoms with Crippen LogP contribution in [0.15, 0.2) is 0 Å². The van der Waals surface area contributed by atoms with Gasteiger partial charge in [0.05, 0.1) is 0 Å². The third-order valence-electron chi connectivity index (χ3n) is 3.82. The van der Waals surface area contributed by atoms with Gasteiger partial charge in [-0.25, -0.2) is 0 Å².